The van der Waals surface area contributed by atoms with Crippen LogP contribution >= 0.6 is 11.8 Å². The summed E-state index contributed by atoms with van der Waals surface area (Å²) in [4.78, 5) is 28.4. The average molecular weight is 429 g/mol. The van der Waals surface area contributed by atoms with E-state index < -0.39 is 0 Å². The fourth-order valence-electron chi connectivity index (χ4n) is 4.50. The quantitative estimate of drug-likeness (QED) is 0.493. The molecule has 7 heteroatoms. The molecule has 3 aliphatic heterocycles. The van der Waals surface area contributed by atoms with E-state index in [2.05, 4.69) is 52.0 Å². The molecule has 1 aromatic rings. The number of piperazine rings is 1. The Kier molecular flexibility index (Phi) is 7.33. The van der Waals surface area contributed by atoms with E-state index in [1.807, 2.05) is 22.7 Å². The van der Waals surface area contributed by atoms with Crippen LogP contribution in [0.4, 0.5) is 4.79 Å². The van der Waals surface area contributed by atoms with Crippen molar-refractivity contribution in [1.29, 1.82) is 0 Å². The summed E-state index contributed by atoms with van der Waals surface area (Å²) < 4.78 is 0. The molecule has 0 bridgehead atoms. The number of amides is 3. The molecule has 0 radical (unpaired) electrons. The van der Waals surface area contributed by atoms with E-state index in [4.69, 9.17) is 0 Å². The van der Waals surface area contributed by atoms with Crippen molar-refractivity contribution in [2.75, 3.05) is 38.5 Å². The van der Waals surface area contributed by atoms with Gasteiger partial charge in [0.15, 0.2) is 0 Å². The highest BCUT2D eigenvalue weighted by Crippen LogP contribution is 2.33. The van der Waals surface area contributed by atoms with Crippen molar-refractivity contribution >= 4 is 29.8 Å². The van der Waals surface area contributed by atoms with Crippen LogP contribution in [0.15, 0.2) is 36.4 Å². The first-order valence-corrected chi connectivity index (χ1v) is 12.1. The number of hydrogen-bond donors (Lipinski definition) is 2. The van der Waals surface area contributed by atoms with Crippen molar-refractivity contribution in [3.05, 3.63) is 42.0 Å². The molecule has 3 fully saturated rings. The van der Waals surface area contributed by atoms with E-state index in [0.717, 1.165) is 57.7 Å². The molecule has 0 aromatic heterocycles. The van der Waals surface area contributed by atoms with Gasteiger partial charge in [-0.1, -0.05) is 48.9 Å². The second kappa shape index (κ2) is 10.4. The highest BCUT2D eigenvalue weighted by Gasteiger charge is 2.42. The largest absolute Gasteiger partial charge is 0.340 e. The molecule has 3 aliphatic rings. The summed E-state index contributed by atoms with van der Waals surface area (Å²) in [5, 5.41) is 6.50. The highest BCUT2D eigenvalue weighted by atomic mass is 32.2. The van der Waals surface area contributed by atoms with Crippen LogP contribution in [-0.2, 0) is 4.79 Å². The Hall–Kier alpha value is -1.99. The Morgan fingerprint density at radius 1 is 1.10 bits per heavy atom. The van der Waals surface area contributed by atoms with Gasteiger partial charge in [-0.25, -0.2) is 4.79 Å². The third-order valence-electron chi connectivity index (χ3n) is 6.27. The minimum Gasteiger partial charge on any atom is -0.340 e. The van der Waals surface area contributed by atoms with Gasteiger partial charge < -0.3 is 15.5 Å². The highest BCUT2D eigenvalue weighted by molar-refractivity contribution is 8.00. The third kappa shape index (κ3) is 5.58. The second-order valence-electron chi connectivity index (χ2n) is 8.36. The molecule has 3 amide bonds. The van der Waals surface area contributed by atoms with Crippen LogP contribution in [0, 0.1) is 0 Å². The summed E-state index contributed by atoms with van der Waals surface area (Å²) >= 11 is 1.94. The van der Waals surface area contributed by atoms with Crippen molar-refractivity contribution in [3.8, 4) is 0 Å². The molecule has 0 aliphatic carbocycles. The van der Waals surface area contributed by atoms with Crippen LogP contribution in [0.2, 0.25) is 0 Å². The number of rotatable bonds is 8. The van der Waals surface area contributed by atoms with Crippen LogP contribution in [0.3, 0.4) is 0 Å². The lowest BCUT2D eigenvalue weighted by atomic mass is 10.0. The van der Waals surface area contributed by atoms with Crippen molar-refractivity contribution in [2.45, 2.75) is 43.0 Å². The van der Waals surface area contributed by atoms with Gasteiger partial charge in [-0.15, -0.1) is 0 Å². The first kappa shape index (κ1) is 21.2. The van der Waals surface area contributed by atoms with Gasteiger partial charge in [0.2, 0.25) is 5.91 Å². The number of hydrogen-bond acceptors (Lipinski definition) is 4. The van der Waals surface area contributed by atoms with E-state index in [0.29, 0.717) is 17.6 Å². The van der Waals surface area contributed by atoms with Gasteiger partial charge in [0.05, 0.1) is 12.1 Å². The Morgan fingerprint density at radius 3 is 2.70 bits per heavy atom. The lowest BCUT2D eigenvalue weighted by Gasteiger charge is -2.34. The van der Waals surface area contributed by atoms with E-state index in [-0.39, 0.29) is 18.1 Å². The maximum atomic E-state index is 12.5. The lowest BCUT2D eigenvalue weighted by molar-refractivity contribution is -0.133. The second-order valence-corrected chi connectivity index (χ2v) is 9.63. The Morgan fingerprint density at radius 2 is 1.90 bits per heavy atom. The van der Waals surface area contributed by atoms with Gasteiger partial charge in [0.1, 0.15) is 0 Å². The number of carbonyl (C=O) groups excluding carboxylic acids is 2. The van der Waals surface area contributed by atoms with Crippen molar-refractivity contribution in [2.24, 2.45) is 0 Å². The zero-order valence-corrected chi connectivity index (χ0v) is 18.3. The fraction of sp³-hybridized carbons (Fsp3) is 0.565. The van der Waals surface area contributed by atoms with Gasteiger partial charge in [-0.05, 0) is 18.4 Å². The normalized spacial score (nSPS) is 26.6. The lowest BCUT2D eigenvalue weighted by Crippen LogP contribution is -2.48. The first-order valence-electron chi connectivity index (χ1n) is 11.1. The van der Waals surface area contributed by atoms with Gasteiger partial charge in [-0.3, -0.25) is 9.69 Å². The molecular weight excluding hydrogens is 396 g/mol. The van der Waals surface area contributed by atoms with E-state index in [1.54, 1.807) is 0 Å². The molecule has 1 aromatic carbocycles. The summed E-state index contributed by atoms with van der Waals surface area (Å²) in [5.41, 5.74) is 1.23. The Bertz CT molecular complexity index is 749. The molecule has 3 atom stereocenters. The molecule has 162 valence electrons. The molecule has 3 saturated heterocycles. The number of fused-ring (bicyclic) bond motifs is 1. The number of urea groups is 1. The molecule has 0 spiro atoms. The zero-order valence-electron chi connectivity index (χ0n) is 17.5. The molecule has 0 unspecified atom stereocenters. The van der Waals surface area contributed by atoms with Crippen molar-refractivity contribution < 1.29 is 9.59 Å². The number of benzene rings is 1. The van der Waals surface area contributed by atoms with Crippen LogP contribution < -0.4 is 10.6 Å². The standard InChI is InChI=1S/C23H32N4O2S/c28-21(11-5-4-10-20-22-19(17-30-20)24-23(29)25-22)27-15-13-26(14-16-27)12-6-9-18-7-2-1-3-8-18/h1-3,6-9,19-20,22H,4-5,10-17H2,(H2,24,25,29)/b9-6+/t19-,20-,22-/m0/s1. The topological polar surface area (TPSA) is 64.7 Å². The minimum absolute atomic E-state index is 0.0276. The monoisotopic (exact) mass is 428 g/mol. The van der Waals surface area contributed by atoms with Crippen molar-refractivity contribution in [3.63, 3.8) is 0 Å². The molecule has 4 rings (SSSR count). The summed E-state index contributed by atoms with van der Waals surface area (Å²) in [6.45, 7) is 4.48. The number of nitrogens with zero attached hydrogens (tertiary/aromatic N) is 2. The van der Waals surface area contributed by atoms with Crippen LogP contribution in [0.5, 0.6) is 0 Å². The van der Waals surface area contributed by atoms with E-state index in [1.165, 1.54) is 5.56 Å². The summed E-state index contributed by atoms with van der Waals surface area (Å²) in [7, 11) is 0. The molecule has 0 saturated carbocycles. The number of carbonyl (C=O) groups is 2. The van der Waals surface area contributed by atoms with Crippen LogP contribution in [-0.4, -0.2) is 77.5 Å². The predicted molar refractivity (Wildman–Crippen MR) is 122 cm³/mol. The Balaban J connectivity index is 1.09. The molecular formula is C23H32N4O2S. The van der Waals surface area contributed by atoms with Crippen LogP contribution in [0.1, 0.15) is 31.2 Å². The van der Waals surface area contributed by atoms with Gasteiger partial charge in [0, 0.05) is 50.1 Å². The smallest absolute Gasteiger partial charge is 0.315 e. The van der Waals surface area contributed by atoms with E-state index >= 15 is 0 Å². The summed E-state index contributed by atoms with van der Waals surface area (Å²) in [6, 6.07) is 10.9. The SMILES string of the molecule is O=C1N[C@H]2[C@H](CS[C@H]2CCCCC(=O)N2CCN(C/C=C/c3ccccc3)CC2)N1. The molecule has 6 nitrogen and oxygen atoms in total. The zero-order chi connectivity index (χ0) is 20.8. The maximum absolute atomic E-state index is 12.5. The van der Waals surface area contributed by atoms with Crippen molar-refractivity contribution in [1.82, 2.24) is 20.4 Å². The van der Waals surface area contributed by atoms with Gasteiger partial charge >= 0.3 is 6.03 Å². The Labute approximate surface area is 183 Å². The number of unbranched alkanes of at least 4 members (excludes halogenated alkanes) is 1. The van der Waals surface area contributed by atoms with Gasteiger partial charge in [-0.2, -0.15) is 11.8 Å². The summed E-state index contributed by atoms with van der Waals surface area (Å²) in [5.74, 6) is 1.29. The third-order valence-corrected chi connectivity index (χ3v) is 7.77. The summed E-state index contributed by atoms with van der Waals surface area (Å²) in [6.07, 6.45) is 8.07. The van der Waals surface area contributed by atoms with E-state index in [9.17, 15) is 9.59 Å². The first-order chi connectivity index (χ1) is 14.7. The molecule has 3 heterocycles. The average Bonchev–Trinajstić information content (AvgIpc) is 3.31. The number of nitrogens with one attached hydrogen (secondary N) is 2. The minimum atomic E-state index is -0.0276. The fourth-order valence-corrected chi connectivity index (χ4v) is 6.05. The predicted octanol–water partition coefficient (Wildman–Crippen LogP) is 2.57. The van der Waals surface area contributed by atoms with Crippen LogP contribution in [0.25, 0.3) is 6.08 Å². The number of thioether (sulfide) groups is 1. The molecule has 2 N–H and O–H groups in total. The van der Waals surface area contributed by atoms with Gasteiger partial charge in [0.25, 0.3) is 0 Å². The molecule has 30 heavy (non-hydrogen) atoms. The maximum Gasteiger partial charge on any atom is 0.315 e.